The average molecular weight is 423 g/mol. The Morgan fingerprint density at radius 1 is 1.13 bits per heavy atom. The van der Waals surface area contributed by atoms with E-state index in [4.69, 9.17) is 0 Å². The number of piperidine rings is 1. The molecule has 1 saturated heterocycles. The molecule has 0 unspecified atom stereocenters. The molecule has 2 atom stereocenters. The summed E-state index contributed by atoms with van der Waals surface area (Å²) in [5.74, 6) is -0.0641. The van der Waals surface area contributed by atoms with Crippen molar-refractivity contribution in [2.75, 3.05) is 19.6 Å². The smallest absolute Gasteiger partial charge is 0.348 e. The molecule has 2 aliphatic rings. The van der Waals surface area contributed by atoms with Crippen LogP contribution in [-0.2, 0) is 6.18 Å². The van der Waals surface area contributed by atoms with Gasteiger partial charge in [0, 0.05) is 24.3 Å². The topological polar surface area (TPSA) is 62.5 Å². The zero-order chi connectivity index (χ0) is 21.3. The fourth-order valence-electron chi connectivity index (χ4n) is 4.75. The van der Waals surface area contributed by atoms with Crippen LogP contribution in [0.5, 0.6) is 0 Å². The predicted octanol–water partition coefficient (Wildman–Crippen LogP) is 3.83. The Kier molecular flexibility index (Phi) is 5.99. The van der Waals surface area contributed by atoms with Crippen molar-refractivity contribution in [3.63, 3.8) is 0 Å². The molecule has 1 aliphatic carbocycles. The Balaban J connectivity index is 1.51. The molecule has 1 amide bonds. The Hall–Kier alpha value is -2.16. The molecule has 164 valence electrons. The number of fused-ring (bicyclic) bond motifs is 1. The van der Waals surface area contributed by atoms with Gasteiger partial charge in [-0.2, -0.15) is 18.3 Å². The fraction of sp³-hybridized carbons (Fsp3) is 0.667. The van der Waals surface area contributed by atoms with Crippen LogP contribution in [-0.4, -0.2) is 51.1 Å². The molecule has 2 aromatic rings. The summed E-state index contributed by atoms with van der Waals surface area (Å²) >= 11 is 0. The standard InChI is InChI=1S/C21H28F3N5O/c1-14-11-18(21(22,23)24)29-19(25-14)12-17(27-29)20(30)26-16-8-4-3-7-15(16)13-28-9-5-2-6-10-28/h11-12,15-16H,2-10,13H2,1H3,(H,26,30)/t15-,16+/m0/s1. The molecule has 1 N–H and O–H groups in total. The molecular formula is C21H28F3N5O. The van der Waals surface area contributed by atoms with Crippen molar-refractivity contribution in [2.24, 2.45) is 5.92 Å². The zero-order valence-electron chi connectivity index (χ0n) is 17.2. The van der Waals surface area contributed by atoms with Crippen molar-refractivity contribution in [2.45, 2.75) is 64.1 Å². The van der Waals surface area contributed by atoms with Gasteiger partial charge in [-0.1, -0.05) is 19.3 Å². The third-order valence-electron chi connectivity index (χ3n) is 6.25. The summed E-state index contributed by atoms with van der Waals surface area (Å²) in [6, 6.07) is 2.30. The van der Waals surface area contributed by atoms with Crippen LogP contribution in [0.3, 0.4) is 0 Å². The molecular weight excluding hydrogens is 395 g/mol. The molecule has 30 heavy (non-hydrogen) atoms. The van der Waals surface area contributed by atoms with Crippen molar-refractivity contribution < 1.29 is 18.0 Å². The lowest BCUT2D eigenvalue weighted by Gasteiger charge is -2.37. The van der Waals surface area contributed by atoms with Crippen LogP contribution in [0.4, 0.5) is 13.2 Å². The van der Waals surface area contributed by atoms with Crippen LogP contribution >= 0.6 is 0 Å². The van der Waals surface area contributed by atoms with Crippen molar-refractivity contribution in [1.82, 2.24) is 24.8 Å². The lowest BCUT2D eigenvalue weighted by Crippen LogP contribution is -2.47. The molecule has 0 radical (unpaired) electrons. The first-order chi connectivity index (χ1) is 14.3. The molecule has 0 spiro atoms. The largest absolute Gasteiger partial charge is 0.433 e. The number of likely N-dealkylation sites (tertiary alicyclic amines) is 1. The second-order valence-corrected chi connectivity index (χ2v) is 8.57. The summed E-state index contributed by atoms with van der Waals surface area (Å²) < 4.78 is 40.8. The lowest BCUT2D eigenvalue weighted by molar-refractivity contribution is -0.142. The number of alkyl halides is 3. The summed E-state index contributed by atoms with van der Waals surface area (Å²) in [6.07, 6.45) is 3.30. The van der Waals surface area contributed by atoms with E-state index in [1.807, 2.05) is 0 Å². The summed E-state index contributed by atoms with van der Waals surface area (Å²) in [6.45, 7) is 4.67. The van der Waals surface area contributed by atoms with Gasteiger partial charge in [-0.3, -0.25) is 4.79 Å². The van der Waals surface area contributed by atoms with Crippen molar-refractivity contribution >= 4 is 11.6 Å². The Morgan fingerprint density at radius 2 is 1.87 bits per heavy atom. The van der Waals surface area contributed by atoms with Gasteiger partial charge in [0.15, 0.2) is 11.3 Å². The molecule has 0 bridgehead atoms. The minimum absolute atomic E-state index is 0.0229. The molecule has 2 aromatic heterocycles. The number of hydrogen-bond donors (Lipinski definition) is 1. The van der Waals surface area contributed by atoms with E-state index in [9.17, 15) is 18.0 Å². The summed E-state index contributed by atoms with van der Waals surface area (Å²) in [4.78, 5) is 19.4. The summed E-state index contributed by atoms with van der Waals surface area (Å²) in [5.41, 5.74) is -0.692. The van der Waals surface area contributed by atoms with E-state index in [0.717, 1.165) is 51.4 Å². The van der Waals surface area contributed by atoms with Gasteiger partial charge < -0.3 is 10.2 Å². The molecule has 1 aliphatic heterocycles. The highest BCUT2D eigenvalue weighted by molar-refractivity contribution is 5.93. The number of halogens is 3. The molecule has 4 rings (SSSR count). The van der Waals surface area contributed by atoms with Gasteiger partial charge in [0.05, 0.1) is 0 Å². The third kappa shape index (κ3) is 4.61. The number of nitrogens with zero attached hydrogens (tertiary/aromatic N) is 4. The highest BCUT2D eigenvalue weighted by Crippen LogP contribution is 2.30. The van der Waals surface area contributed by atoms with Crippen LogP contribution in [0, 0.1) is 12.8 Å². The van der Waals surface area contributed by atoms with Crippen LogP contribution in [0.25, 0.3) is 5.65 Å². The molecule has 6 nitrogen and oxygen atoms in total. The number of nitrogens with one attached hydrogen (secondary N) is 1. The molecule has 2 fully saturated rings. The van der Waals surface area contributed by atoms with Crippen molar-refractivity contribution in [3.05, 3.63) is 29.2 Å². The molecule has 3 heterocycles. The number of aryl methyl sites for hydroxylation is 1. The highest BCUT2D eigenvalue weighted by atomic mass is 19.4. The number of carbonyl (C=O) groups excluding carboxylic acids is 1. The quantitative estimate of drug-likeness (QED) is 0.812. The molecule has 0 aromatic carbocycles. The van der Waals surface area contributed by atoms with Crippen LogP contribution < -0.4 is 5.32 Å². The van der Waals surface area contributed by atoms with E-state index >= 15 is 0 Å². The Bertz CT molecular complexity index is 904. The maximum Gasteiger partial charge on any atom is 0.433 e. The monoisotopic (exact) mass is 423 g/mol. The van der Waals surface area contributed by atoms with Crippen molar-refractivity contribution in [1.29, 1.82) is 0 Å². The first-order valence-corrected chi connectivity index (χ1v) is 10.8. The van der Waals surface area contributed by atoms with E-state index in [-0.39, 0.29) is 23.1 Å². The van der Waals surface area contributed by atoms with Gasteiger partial charge in [0.2, 0.25) is 0 Å². The molecule has 9 heteroatoms. The van der Waals surface area contributed by atoms with E-state index in [0.29, 0.717) is 10.4 Å². The number of carbonyl (C=O) groups is 1. The van der Waals surface area contributed by atoms with E-state index < -0.39 is 17.8 Å². The van der Waals surface area contributed by atoms with Crippen LogP contribution in [0.2, 0.25) is 0 Å². The minimum Gasteiger partial charge on any atom is -0.348 e. The van der Waals surface area contributed by atoms with E-state index in [2.05, 4.69) is 20.3 Å². The second-order valence-electron chi connectivity index (χ2n) is 8.57. The first kappa shape index (κ1) is 21.1. The van der Waals surface area contributed by atoms with E-state index in [1.165, 1.54) is 32.3 Å². The van der Waals surface area contributed by atoms with E-state index in [1.54, 1.807) is 0 Å². The normalized spacial score (nSPS) is 23.6. The summed E-state index contributed by atoms with van der Waals surface area (Å²) in [7, 11) is 0. The number of rotatable bonds is 4. The van der Waals surface area contributed by atoms with Crippen molar-refractivity contribution in [3.8, 4) is 0 Å². The number of amides is 1. The Morgan fingerprint density at radius 3 is 2.60 bits per heavy atom. The van der Waals surface area contributed by atoms with Gasteiger partial charge in [-0.15, -0.1) is 0 Å². The maximum absolute atomic E-state index is 13.4. The maximum atomic E-state index is 13.4. The lowest BCUT2D eigenvalue weighted by atomic mass is 9.83. The van der Waals surface area contributed by atoms with Gasteiger partial charge in [0.25, 0.3) is 5.91 Å². The SMILES string of the molecule is Cc1cc(C(F)(F)F)n2nc(C(=O)N[C@@H]3CCCC[C@H]3CN3CCCCC3)cc2n1. The van der Waals surface area contributed by atoms with Gasteiger partial charge in [-0.25, -0.2) is 9.50 Å². The minimum atomic E-state index is -4.57. The summed E-state index contributed by atoms with van der Waals surface area (Å²) in [5, 5.41) is 7.00. The zero-order valence-corrected chi connectivity index (χ0v) is 17.2. The number of aromatic nitrogens is 3. The number of hydrogen-bond acceptors (Lipinski definition) is 4. The predicted molar refractivity (Wildman–Crippen MR) is 106 cm³/mol. The van der Waals surface area contributed by atoms with Gasteiger partial charge in [0.1, 0.15) is 5.69 Å². The Labute approximate surface area is 173 Å². The van der Waals surface area contributed by atoms with Crippen LogP contribution in [0.1, 0.15) is 66.8 Å². The first-order valence-electron chi connectivity index (χ1n) is 10.8. The second kappa shape index (κ2) is 8.53. The average Bonchev–Trinajstić information content (AvgIpc) is 3.13. The third-order valence-corrected chi connectivity index (χ3v) is 6.25. The highest BCUT2D eigenvalue weighted by Gasteiger charge is 2.35. The fourth-order valence-corrected chi connectivity index (χ4v) is 4.75. The van der Waals surface area contributed by atoms with Gasteiger partial charge in [-0.05, 0) is 57.7 Å². The molecule has 1 saturated carbocycles. The van der Waals surface area contributed by atoms with Gasteiger partial charge >= 0.3 is 6.18 Å². The van der Waals surface area contributed by atoms with Crippen LogP contribution in [0.15, 0.2) is 12.1 Å².